The van der Waals surface area contributed by atoms with E-state index >= 15 is 0 Å². The molecule has 9 nitrogen and oxygen atoms in total. The number of imidazole rings is 2. The molecule has 35 heavy (non-hydrogen) atoms. The van der Waals surface area contributed by atoms with Gasteiger partial charge in [-0.05, 0) is 42.5 Å². The van der Waals surface area contributed by atoms with Crippen molar-refractivity contribution in [2.75, 3.05) is 11.9 Å². The Kier molecular flexibility index (Phi) is 5.03. The van der Waals surface area contributed by atoms with Gasteiger partial charge < -0.3 is 15.2 Å². The first-order valence-corrected chi connectivity index (χ1v) is 10.9. The van der Waals surface area contributed by atoms with Gasteiger partial charge in [-0.3, -0.25) is 4.79 Å². The Morgan fingerprint density at radius 1 is 1.06 bits per heavy atom. The van der Waals surface area contributed by atoms with Crippen LogP contribution < -0.4 is 10.6 Å². The van der Waals surface area contributed by atoms with Gasteiger partial charge in [-0.2, -0.15) is 9.49 Å². The van der Waals surface area contributed by atoms with Crippen LogP contribution in [0.15, 0.2) is 60.9 Å². The van der Waals surface area contributed by atoms with Crippen LogP contribution in [0.3, 0.4) is 0 Å². The quantitative estimate of drug-likeness (QED) is 0.389. The number of nitrogens with one attached hydrogen (secondary N) is 2. The summed E-state index contributed by atoms with van der Waals surface area (Å²) in [4.78, 5) is 25.1. The van der Waals surface area contributed by atoms with Crippen molar-refractivity contribution in [1.82, 2.24) is 34.4 Å². The number of rotatable bonds is 4. The molecule has 1 aromatic carbocycles. The van der Waals surface area contributed by atoms with Crippen LogP contribution in [0.5, 0.6) is 0 Å². The van der Waals surface area contributed by atoms with Crippen molar-refractivity contribution in [3.05, 3.63) is 84.1 Å². The highest BCUT2D eigenvalue weighted by Gasteiger charge is 2.23. The molecule has 0 atom stereocenters. The first-order valence-electron chi connectivity index (χ1n) is 10.9. The number of pyridine rings is 1. The van der Waals surface area contributed by atoms with Crippen LogP contribution in [0, 0.1) is 11.8 Å². The average Bonchev–Trinajstić information content (AvgIpc) is 3.44. The first-order chi connectivity index (χ1) is 17.0. The van der Waals surface area contributed by atoms with Gasteiger partial charge in [0.2, 0.25) is 5.95 Å². The van der Waals surface area contributed by atoms with E-state index in [-0.39, 0.29) is 17.2 Å². The molecular formula is C24H18F2N8O. The predicted molar refractivity (Wildman–Crippen MR) is 123 cm³/mol. The summed E-state index contributed by atoms with van der Waals surface area (Å²) in [5.41, 5.74) is 3.63. The highest BCUT2D eigenvalue weighted by Crippen LogP contribution is 2.33. The molecule has 5 heterocycles. The van der Waals surface area contributed by atoms with Crippen molar-refractivity contribution >= 4 is 17.4 Å². The third-order valence-electron chi connectivity index (χ3n) is 5.75. The van der Waals surface area contributed by atoms with E-state index in [1.54, 1.807) is 28.9 Å². The monoisotopic (exact) mass is 472 g/mol. The number of carbonyl (C=O) groups is 1. The van der Waals surface area contributed by atoms with Gasteiger partial charge in [0.25, 0.3) is 5.91 Å². The molecule has 1 amide bonds. The summed E-state index contributed by atoms with van der Waals surface area (Å²) in [5.74, 6) is -0.421. The third-order valence-corrected chi connectivity index (χ3v) is 5.75. The molecule has 2 N–H and O–H groups in total. The number of carbonyl (C=O) groups excluding carboxylic acids is 1. The normalized spacial score (nSPS) is 13.1. The van der Waals surface area contributed by atoms with Crippen molar-refractivity contribution in [3.8, 4) is 22.6 Å². The molecule has 174 valence electrons. The lowest BCUT2D eigenvalue weighted by Crippen LogP contribution is -2.28. The van der Waals surface area contributed by atoms with E-state index < -0.39 is 11.9 Å². The van der Waals surface area contributed by atoms with Crippen LogP contribution in [-0.2, 0) is 13.1 Å². The van der Waals surface area contributed by atoms with Gasteiger partial charge in [0, 0.05) is 36.5 Å². The molecule has 0 radical (unpaired) electrons. The Bertz CT molecular complexity index is 1570. The highest BCUT2D eigenvalue weighted by molar-refractivity contribution is 6.03. The number of anilines is 1. The number of nitrogens with zero attached hydrogens (tertiary/aromatic N) is 6. The average molecular weight is 472 g/mol. The van der Waals surface area contributed by atoms with E-state index in [0.717, 1.165) is 29.7 Å². The zero-order valence-corrected chi connectivity index (χ0v) is 18.2. The molecule has 0 aliphatic carbocycles. The van der Waals surface area contributed by atoms with Crippen molar-refractivity contribution in [1.29, 1.82) is 0 Å². The van der Waals surface area contributed by atoms with Crippen LogP contribution in [0.4, 0.5) is 14.6 Å². The lowest BCUT2D eigenvalue weighted by Gasteiger charge is -2.17. The first kappa shape index (κ1) is 21.1. The van der Waals surface area contributed by atoms with Gasteiger partial charge in [0.1, 0.15) is 17.3 Å². The summed E-state index contributed by atoms with van der Waals surface area (Å²) in [5, 5.41) is 10.7. The van der Waals surface area contributed by atoms with E-state index in [1.807, 2.05) is 6.07 Å². The fraction of sp³-hybridized carbons (Fsp3) is 0.125. The maximum absolute atomic E-state index is 13.5. The van der Waals surface area contributed by atoms with Gasteiger partial charge in [-0.15, -0.1) is 0 Å². The standard InChI is InChI=1S/C24H18F2N8O/c25-16-3-1-14(2-4-16)22-23(33-10-9-27-12-21(33)31-22)17-5-6-20-29-19(13-34(20)32-17)30-24(35)15-7-8-28-18(26)11-15/h1-8,11,13,27H,9-10,12H2,(H,30,35). The van der Waals surface area contributed by atoms with E-state index in [0.29, 0.717) is 30.1 Å². The van der Waals surface area contributed by atoms with Gasteiger partial charge >= 0.3 is 0 Å². The number of hydrogen-bond acceptors (Lipinski definition) is 6. The smallest absolute Gasteiger partial charge is 0.257 e. The van der Waals surface area contributed by atoms with E-state index in [1.165, 1.54) is 24.4 Å². The minimum atomic E-state index is -0.741. The van der Waals surface area contributed by atoms with Crippen molar-refractivity contribution < 1.29 is 13.6 Å². The minimum Gasteiger partial charge on any atom is -0.324 e. The van der Waals surface area contributed by atoms with Gasteiger partial charge in [-0.1, -0.05) is 0 Å². The second kappa shape index (κ2) is 8.37. The molecule has 0 bridgehead atoms. The van der Waals surface area contributed by atoms with Crippen LogP contribution >= 0.6 is 0 Å². The largest absolute Gasteiger partial charge is 0.324 e. The number of hydrogen-bond donors (Lipinski definition) is 2. The molecular weight excluding hydrogens is 454 g/mol. The Labute approximate surface area is 197 Å². The Morgan fingerprint density at radius 2 is 1.91 bits per heavy atom. The zero-order valence-electron chi connectivity index (χ0n) is 18.2. The molecule has 5 aromatic rings. The molecule has 0 saturated heterocycles. The molecule has 0 unspecified atom stereocenters. The van der Waals surface area contributed by atoms with E-state index in [2.05, 4.69) is 25.2 Å². The molecule has 0 spiro atoms. The fourth-order valence-electron chi connectivity index (χ4n) is 4.14. The van der Waals surface area contributed by atoms with Crippen LogP contribution in [0.1, 0.15) is 16.2 Å². The number of fused-ring (bicyclic) bond motifs is 2. The number of benzene rings is 1. The van der Waals surface area contributed by atoms with Crippen LogP contribution in [-0.4, -0.2) is 41.6 Å². The Morgan fingerprint density at radius 3 is 2.74 bits per heavy atom. The minimum absolute atomic E-state index is 0.131. The summed E-state index contributed by atoms with van der Waals surface area (Å²) >= 11 is 0. The molecule has 1 aliphatic rings. The number of amides is 1. The topological polar surface area (TPSA) is 102 Å². The molecule has 11 heteroatoms. The van der Waals surface area contributed by atoms with Gasteiger partial charge in [0.05, 0.1) is 24.1 Å². The summed E-state index contributed by atoms with van der Waals surface area (Å²) in [6.45, 7) is 2.12. The van der Waals surface area contributed by atoms with Crippen LogP contribution in [0.25, 0.3) is 28.3 Å². The molecule has 6 rings (SSSR count). The Hall–Kier alpha value is -4.51. The van der Waals surface area contributed by atoms with Gasteiger partial charge in [-0.25, -0.2) is 23.9 Å². The van der Waals surface area contributed by atoms with Crippen molar-refractivity contribution in [2.24, 2.45) is 0 Å². The second-order valence-corrected chi connectivity index (χ2v) is 8.03. The number of halogens is 2. The lowest BCUT2D eigenvalue weighted by molar-refractivity contribution is 0.102. The fourth-order valence-corrected chi connectivity index (χ4v) is 4.14. The maximum Gasteiger partial charge on any atom is 0.257 e. The van der Waals surface area contributed by atoms with Crippen molar-refractivity contribution in [3.63, 3.8) is 0 Å². The predicted octanol–water partition coefficient (Wildman–Crippen LogP) is 3.29. The van der Waals surface area contributed by atoms with E-state index in [4.69, 9.17) is 10.1 Å². The van der Waals surface area contributed by atoms with Gasteiger partial charge in [0.15, 0.2) is 11.5 Å². The Balaban J connectivity index is 1.39. The SMILES string of the molecule is O=C(Nc1cn2nc(-c3c(-c4ccc(F)cc4)nc4n3CCNC4)ccc2n1)c1ccnc(F)c1. The zero-order chi connectivity index (χ0) is 23.9. The van der Waals surface area contributed by atoms with E-state index in [9.17, 15) is 13.6 Å². The molecule has 1 aliphatic heterocycles. The third kappa shape index (κ3) is 3.91. The van der Waals surface area contributed by atoms with Crippen molar-refractivity contribution in [2.45, 2.75) is 13.1 Å². The molecule has 4 aromatic heterocycles. The lowest BCUT2D eigenvalue weighted by atomic mass is 10.1. The summed E-state index contributed by atoms with van der Waals surface area (Å²) in [7, 11) is 0. The highest BCUT2D eigenvalue weighted by atomic mass is 19.1. The summed E-state index contributed by atoms with van der Waals surface area (Å²) in [6, 6.07) is 12.3. The molecule has 0 fully saturated rings. The number of aromatic nitrogens is 6. The van der Waals surface area contributed by atoms with Crippen LogP contribution in [0.2, 0.25) is 0 Å². The maximum atomic E-state index is 13.5. The molecule has 0 saturated carbocycles. The second-order valence-electron chi connectivity index (χ2n) is 8.03. The summed E-state index contributed by atoms with van der Waals surface area (Å²) < 4.78 is 30.6. The summed E-state index contributed by atoms with van der Waals surface area (Å²) in [6.07, 6.45) is 2.81.